The van der Waals surface area contributed by atoms with Crippen LogP contribution in [0.25, 0.3) is 0 Å². The number of carbonyl (C=O) groups is 2. The number of rotatable bonds is 43. The van der Waals surface area contributed by atoms with E-state index in [1.165, 1.54) is 218 Å². The highest BCUT2D eigenvalue weighted by Gasteiger charge is 2.12. The topological polar surface area (TPSA) is 52.6 Å². The molecule has 0 radical (unpaired) electrons. The number of hydrogen-bond donors (Lipinski definition) is 0. The summed E-state index contributed by atoms with van der Waals surface area (Å²) in [5, 5.41) is 0. The molecule has 0 saturated heterocycles. The molecule has 0 aromatic carbocycles. The van der Waals surface area contributed by atoms with Crippen LogP contribution in [0, 0.1) is 0 Å². The van der Waals surface area contributed by atoms with Crippen molar-refractivity contribution in [2.75, 3.05) is 6.61 Å². The van der Waals surface area contributed by atoms with E-state index in [1.807, 2.05) is 6.92 Å². The molecule has 0 N–H and O–H groups in total. The van der Waals surface area contributed by atoms with E-state index in [0.29, 0.717) is 12.8 Å². The molecule has 0 aliphatic carbocycles. The summed E-state index contributed by atoms with van der Waals surface area (Å²) in [5.74, 6) is -0.326. The highest BCUT2D eigenvalue weighted by atomic mass is 16.6. The molecule has 0 saturated carbocycles. The molecule has 1 atom stereocenters. The molecule has 0 spiro atoms. The maximum atomic E-state index is 12.2. The first-order chi connectivity index (χ1) is 25.1. The van der Waals surface area contributed by atoms with Gasteiger partial charge in [-0.25, -0.2) is 0 Å². The van der Waals surface area contributed by atoms with Gasteiger partial charge in [-0.15, -0.1) is 0 Å². The van der Waals surface area contributed by atoms with E-state index in [4.69, 9.17) is 9.47 Å². The van der Waals surface area contributed by atoms with Gasteiger partial charge in [-0.3, -0.25) is 9.59 Å². The monoisotopic (exact) mass is 721 g/mol. The van der Waals surface area contributed by atoms with Crippen LogP contribution in [-0.4, -0.2) is 24.6 Å². The van der Waals surface area contributed by atoms with Crippen LogP contribution in [0.2, 0.25) is 0 Å². The van der Waals surface area contributed by atoms with Gasteiger partial charge in [0.1, 0.15) is 12.7 Å². The second kappa shape index (κ2) is 43.3. The minimum Gasteiger partial charge on any atom is -0.462 e. The first-order valence-corrected chi connectivity index (χ1v) is 23.4. The van der Waals surface area contributed by atoms with Gasteiger partial charge in [-0.2, -0.15) is 0 Å². The number of carbonyl (C=O) groups excluding carboxylic acids is 2. The number of unbranched alkanes of at least 4 members (excludes halogenated alkanes) is 36. The zero-order valence-electron chi connectivity index (χ0n) is 35.2. The van der Waals surface area contributed by atoms with Gasteiger partial charge in [0, 0.05) is 12.8 Å². The summed E-state index contributed by atoms with van der Waals surface area (Å²) in [7, 11) is 0. The lowest BCUT2D eigenvalue weighted by Crippen LogP contribution is -2.22. The zero-order chi connectivity index (χ0) is 37.1. The van der Waals surface area contributed by atoms with Crippen molar-refractivity contribution in [1.29, 1.82) is 0 Å². The molecular weight excluding hydrogens is 629 g/mol. The quantitative estimate of drug-likeness (QED) is 0.0465. The largest absolute Gasteiger partial charge is 0.462 e. The van der Waals surface area contributed by atoms with Crippen molar-refractivity contribution in [1.82, 2.24) is 0 Å². The van der Waals surface area contributed by atoms with E-state index >= 15 is 0 Å². The number of esters is 2. The molecule has 0 aliphatic rings. The van der Waals surface area contributed by atoms with Crippen LogP contribution in [-0.2, 0) is 19.1 Å². The average molecular weight is 721 g/mol. The number of hydrogen-bond acceptors (Lipinski definition) is 4. The molecule has 0 rings (SSSR count). The summed E-state index contributed by atoms with van der Waals surface area (Å²) >= 11 is 0. The van der Waals surface area contributed by atoms with Gasteiger partial charge in [0.05, 0.1) is 0 Å². The molecule has 4 nitrogen and oxygen atoms in total. The molecular formula is C47H92O4. The molecule has 0 aromatic rings. The highest BCUT2D eigenvalue weighted by Crippen LogP contribution is 2.17. The zero-order valence-corrected chi connectivity index (χ0v) is 35.2. The Morgan fingerprint density at radius 3 is 0.804 bits per heavy atom. The fourth-order valence-corrected chi connectivity index (χ4v) is 7.30. The normalized spacial score (nSPS) is 12.0. The van der Waals surface area contributed by atoms with E-state index < -0.39 is 0 Å². The molecule has 4 heteroatoms. The van der Waals surface area contributed by atoms with Crippen molar-refractivity contribution in [3.8, 4) is 0 Å². The van der Waals surface area contributed by atoms with Crippen molar-refractivity contribution in [2.45, 2.75) is 284 Å². The highest BCUT2D eigenvalue weighted by molar-refractivity contribution is 5.70. The van der Waals surface area contributed by atoms with Gasteiger partial charge in [-0.05, 0) is 19.8 Å². The Kier molecular flexibility index (Phi) is 42.4. The van der Waals surface area contributed by atoms with Gasteiger partial charge in [0.25, 0.3) is 0 Å². The van der Waals surface area contributed by atoms with Gasteiger partial charge in [-0.1, -0.05) is 245 Å². The fourth-order valence-electron chi connectivity index (χ4n) is 7.30. The van der Waals surface area contributed by atoms with Gasteiger partial charge in [0.2, 0.25) is 0 Å². The smallest absolute Gasteiger partial charge is 0.306 e. The van der Waals surface area contributed by atoms with Crippen molar-refractivity contribution < 1.29 is 19.1 Å². The fraction of sp³-hybridized carbons (Fsp3) is 0.957. The standard InChI is InChI=1S/C47H92O4/c1-4-6-8-10-12-14-16-18-20-22-24-26-28-30-32-34-36-38-40-42-46(48)50-44-45(3)51-47(49)43-41-39-37-35-33-31-29-27-25-23-21-19-17-15-13-11-9-7-5-2/h45H,4-44H2,1-3H3. The van der Waals surface area contributed by atoms with Crippen molar-refractivity contribution >= 4 is 11.9 Å². The molecule has 304 valence electrons. The number of ether oxygens (including phenoxy) is 2. The van der Waals surface area contributed by atoms with Crippen LogP contribution in [0.4, 0.5) is 0 Å². The Labute approximate surface area is 320 Å². The lowest BCUT2D eigenvalue weighted by atomic mass is 10.0. The van der Waals surface area contributed by atoms with E-state index in [1.54, 1.807) is 0 Å². The minimum absolute atomic E-state index is 0.163. The second-order valence-corrected chi connectivity index (χ2v) is 16.2. The molecule has 51 heavy (non-hydrogen) atoms. The van der Waals surface area contributed by atoms with Gasteiger partial charge >= 0.3 is 11.9 Å². The van der Waals surface area contributed by atoms with Crippen molar-refractivity contribution in [3.63, 3.8) is 0 Å². The maximum absolute atomic E-state index is 12.2. The molecule has 0 fully saturated rings. The van der Waals surface area contributed by atoms with Crippen molar-refractivity contribution in [2.24, 2.45) is 0 Å². The Morgan fingerprint density at radius 1 is 0.333 bits per heavy atom. The summed E-state index contributed by atoms with van der Waals surface area (Å²) in [5.41, 5.74) is 0. The summed E-state index contributed by atoms with van der Waals surface area (Å²) in [6.45, 7) is 6.57. The lowest BCUT2D eigenvalue weighted by Gasteiger charge is -2.13. The molecule has 1 unspecified atom stereocenters. The van der Waals surface area contributed by atoms with E-state index in [0.717, 1.165) is 25.7 Å². The SMILES string of the molecule is CCCCCCCCCCCCCCCCCCCCCC(=O)OCC(C)OC(=O)CCCCCCCCCCCCCCCCCCCCC. The van der Waals surface area contributed by atoms with Crippen LogP contribution in [0.15, 0.2) is 0 Å². The Balaban J connectivity index is 3.35. The average Bonchev–Trinajstić information content (AvgIpc) is 3.12. The maximum Gasteiger partial charge on any atom is 0.306 e. The second-order valence-electron chi connectivity index (χ2n) is 16.2. The molecule has 0 amide bonds. The molecule has 0 heterocycles. The van der Waals surface area contributed by atoms with Crippen LogP contribution in [0.3, 0.4) is 0 Å². The van der Waals surface area contributed by atoms with Crippen LogP contribution >= 0.6 is 0 Å². The van der Waals surface area contributed by atoms with E-state index in [-0.39, 0.29) is 24.6 Å². The Hall–Kier alpha value is -1.06. The lowest BCUT2D eigenvalue weighted by molar-refractivity contribution is -0.158. The summed E-state index contributed by atoms with van der Waals surface area (Å²) in [4.78, 5) is 24.3. The predicted molar refractivity (Wildman–Crippen MR) is 223 cm³/mol. The Morgan fingerprint density at radius 2 is 0.549 bits per heavy atom. The third kappa shape index (κ3) is 43.2. The molecule has 0 aromatic heterocycles. The third-order valence-electron chi connectivity index (χ3n) is 10.8. The Bertz CT molecular complexity index is 692. The summed E-state index contributed by atoms with van der Waals surface area (Å²) < 4.78 is 10.8. The van der Waals surface area contributed by atoms with Crippen LogP contribution in [0.5, 0.6) is 0 Å². The van der Waals surface area contributed by atoms with Gasteiger partial charge < -0.3 is 9.47 Å². The summed E-state index contributed by atoms with van der Waals surface area (Å²) in [6.07, 6.45) is 51.8. The molecule has 0 aliphatic heterocycles. The van der Waals surface area contributed by atoms with Crippen molar-refractivity contribution in [3.05, 3.63) is 0 Å². The third-order valence-corrected chi connectivity index (χ3v) is 10.8. The van der Waals surface area contributed by atoms with E-state index in [2.05, 4.69) is 13.8 Å². The first kappa shape index (κ1) is 49.9. The van der Waals surface area contributed by atoms with E-state index in [9.17, 15) is 9.59 Å². The minimum atomic E-state index is -0.369. The molecule has 0 bridgehead atoms. The van der Waals surface area contributed by atoms with Crippen LogP contribution in [0.1, 0.15) is 278 Å². The summed E-state index contributed by atoms with van der Waals surface area (Å²) in [6, 6.07) is 0. The predicted octanol–water partition coefficient (Wildman–Crippen LogP) is 16.1. The first-order valence-electron chi connectivity index (χ1n) is 23.4. The van der Waals surface area contributed by atoms with Crippen LogP contribution < -0.4 is 0 Å². The van der Waals surface area contributed by atoms with Gasteiger partial charge in [0.15, 0.2) is 0 Å².